The van der Waals surface area contributed by atoms with Crippen LogP contribution in [0.3, 0.4) is 0 Å². The Kier molecular flexibility index (Phi) is 10.4. The van der Waals surface area contributed by atoms with E-state index >= 15 is 0 Å². The first-order valence-corrected chi connectivity index (χ1v) is 17.6. The molecule has 0 aliphatic carbocycles. The second-order valence-corrected chi connectivity index (χ2v) is 14.2. The molecule has 6 rings (SSSR count). The van der Waals surface area contributed by atoms with Crippen LogP contribution in [0.1, 0.15) is 35.3 Å². The normalized spacial score (nSPS) is 17.3. The monoisotopic (exact) mass is 676 g/mol. The molecule has 7 nitrogen and oxygen atoms in total. The Morgan fingerprint density at radius 2 is 0.776 bits per heavy atom. The summed E-state index contributed by atoms with van der Waals surface area (Å²) in [6, 6.07) is 34.0. The lowest BCUT2D eigenvalue weighted by atomic mass is 9.96. The Bertz CT molecular complexity index is 1780. The molecule has 252 valence electrons. The molecule has 1 aliphatic rings. The van der Waals surface area contributed by atoms with Gasteiger partial charge in [0.15, 0.2) is 0 Å². The molecule has 8 heteroatoms. The highest BCUT2D eigenvalue weighted by Gasteiger charge is 2.44. The average Bonchev–Trinajstić information content (AvgIpc) is 3.16. The van der Waals surface area contributed by atoms with Gasteiger partial charge in [0, 0.05) is 35.3 Å². The van der Waals surface area contributed by atoms with Crippen molar-refractivity contribution in [2.24, 2.45) is 0 Å². The van der Waals surface area contributed by atoms with Crippen molar-refractivity contribution in [1.29, 1.82) is 0 Å². The molecule has 49 heavy (non-hydrogen) atoms. The predicted molar refractivity (Wildman–Crippen MR) is 196 cm³/mol. The fourth-order valence-corrected chi connectivity index (χ4v) is 10.9. The molecule has 0 saturated carbocycles. The second-order valence-electron chi connectivity index (χ2n) is 11.6. The first-order valence-electron chi connectivity index (χ1n) is 16.1. The van der Waals surface area contributed by atoms with Gasteiger partial charge >= 0.3 is 0 Å². The van der Waals surface area contributed by atoms with Crippen molar-refractivity contribution in [3.8, 4) is 56.8 Å². The number of carbonyl (C=O) groups excluding carboxylic acids is 1. The fraction of sp³-hybridized carbons (Fsp3) is 0.244. The average molecular weight is 677 g/mol. The van der Waals surface area contributed by atoms with Gasteiger partial charge in [-0.15, -0.1) is 0 Å². The Balaban J connectivity index is 1.80. The van der Waals surface area contributed by atoms with E-state index in [1.807, 2.05) is 78.9 Å². The molecule has 0 spiro atoms. The molecule has 0 bridgehead atoms. The topological polar surface area (TPSA) is 72.5 Å². The summed E-state index contributed by atoms with van der Waals surface area (Å²) in [6.45, 7) is 0. The maximum atomic E-state index is 14.0. The summed E-state index contributed by atoms with van der Waals surface area (Å²) in [7, 11) is 8.77. The first-order chi connectivity index (χ1) is 24.0. The molecule has 0 amide bonds. The lowest BCUT2D eigenvalue weighted by Gasteiger charge is -2.41. The molecule has 5 aromatic carbocycles. The molecule has 0 N–H and O–H groups in total. The van der Waals surface area contributed by atoms with Crippen molar-refractivity contribution >= 4 is 19.0 Å². The predicted octanol–water partition coefficient (Wildman–Crippen LogP) is 9.02. The largest absolute Gasteiger partial charge is 0.496 e. The van der Waals surface area contributed by atoms with Gasteiger partial charge < -0.3 is 28.4 Å². The summed E-state index contributed by atoms with van der Waals surface area (Å²) in [4.78, 5) is 14.0. The van der Waals surface area contributed by atoms with Gasteiger partial charge in [0.1, 0.15) is 40.3 Å². The van der Waals surface area contributed by atoms with Crippen molar-refractivity contribution < 1.29 is 33.2 Å². The minimum Gasteiger partial charge on any atom is -0.496 e. The standard InChI is InChI=1S/C41H41O7P/c1-43-31-18-9-7-14-27(31)37-24-26(42)25-38(28-15-8-10-19-32(28)44-2)49(37)41-29(39-33(45-3)20-12-21-34(39)46-4)16-11-17-30(41)40-35(47-5)22-13-23-36(40)48-6/h7-23,37-38H,24-25H2,1-6H3. The molecule has 2 unspecified atom stereocenters. The number of rotatable bonds is 11. The van der Waals surface area contributed by atoms with Crippen molar-refractivity contribution in [1.82, 2.24) is 0 Å². The van der Waals surface area contributed by atoms with Gasteiger partial charge in [-0.1, -0.05) is 74.7 Å². The molecule has 1 heterocycles. The van der Waals surface area contributed by atoms with E-state index in [-0.39, 0.29) is 17.1 Å². The summed E-state index contributed by atoms with van der Waals surface area (Å²) in [6.07, 6.45) is 0.717. The molecule has 1 fully saturated rings. The summed E-state index contributed by atoms with van der Waals surface area (Å²) in [5.74, 6) is 4.39. The van der Waals surface area contributed by atoms with Crippen LogP contribution in [0.25, 0.3) is 22.3 Å². The van der Waals surface area contributed by atoms with E-state index < -0.39 is 7.92 Å². The maximum absolute atomic E-state index is 14.0. The van der Waals surface area contributed by atoms with Crippen LogP contribution in [0, 0.1) is 0 Å². The minimum absolute atomic E-state index is 0.189. The number of carbonyl (C=O) groups is 1. The van der Waals surface area contributed by atoms with Gasteiger partial charge in [-0.3, -0.25) is 4.79 Å². The quantitative estimate of drug-likeness (QED) is 0.129. The zero-order valence-electron chi connectivity index (χ0n) is 28.7. The third-order valence-electron chi connectivity index (χ3n) is 9.20. The van der Waals surface area contributed by atoms with E-state index in [1.54, 1.807) is 42.7 Å². The summed E-state index contributed by atoms with van der Waals surface area (Å²) >= 11 is 0. The van der Waals surface area contributed by atoms with E-state index in [1.165, 1.54) is 0 Å². The van der Waals surface area contributed by atoms with Crippen LogP contribution in [-0.4, -0.2) is 48.4 Å². The van der Waals surface area contributed by atoms with Gasteiger partial charge in [-0.25, -0.2) is 0 Å². The highest BCUT2D eigenvalue weighted by Crippen LogP contribution is 2.70. The third-order valence-corrected chi connectivity index (χ3v) is 12.5. The van der Waals surface area contributed by atoms with Gasteiger partial charge in [-0.05, 0) is 52.8 Å². The van der Waals surface area contributed by atoms with Crippen LogP contribution in [0.2, 0.25) is 0 Å². The number of hydrogen-bond acceptors (Lipinski definition) is 7. The molecular formula is C41H41O7P. The molecule has 1 saturated heterocycles. The van der Waals surface area contributed by atoms with Crippen LogP contribution < -0.4 is 33.7 Å². The minimum atomic E-state index is -1.28. The Hall–Kier alpha value is -5.00. The Morgan fingerprint density at radius 1 is 0.449 bits per heavy atom. The lowest BCUT2D eigenvalue weighted by molar-refractivity contribution is -0.119. The van der Waals surface area contributed by atoms with Crippen LogP contribution in [0.4, 0.5) is 0 Å². The van der Waals surface area contributed by atoms with E-state index in [0.717, 1.165) is 50.2 Å². The van der Waals surface area contributed by atoms with Crippen molar-refractivity contribution in [3.63, 3.8) is 0 Å². The third kappa shape index (κ3) is 6.31. The number of ketones is 1. The van der Waals surface area contributed by atoms with Crippen molar-refractivity contribution in [2.45, 2.75) is 24.2 Å². The van der Waals surface area contributed by atoms with Gasteiger partial charge in [0.2, 0.25) is 0 Å². The van der Waals surface area contributed by atoms with E-state index in [0.29, 0.717) is 35.8 Å². The van der Waals surface area contributed by atoms with Crippen LogP contribution in [-0.2, 0) is 4.79 Å². The molecular weight excluding hydrogens is 635 g/mol. The van der Waals surface area contributed by atoms with E-state index in [4.69, 9.17) is 28.4 Å². The Morgan fingerprint density at radius 3 is 1.14 bits per heavy atom. The number of benzene rings is 5. The fourth-order valence-electron chi connectivity index (χ4n) is 7.10. The zero-order chi connectivity index (χ0) is 34.5. The maximum Gasteiger partial charge on any atom is 0.134 e. The molecule has 5 aromatic rings. The van der Waals surface area contributed by atoms with Crippen molar-refractivity contribution in [2.75, 3.05) is 42.7 Å². The van der Waals surface area contributed by atoms with E-state index in [9.17, 15) is 4.79 Å². The van der Waals surface area contributed by atoms with Gasteiger partial charge in [-0.2, -0.15) is 0 Å². The number of ether oxygens (including phenoxy) is 6. The Labute approximate surface area is 289 Å². The van der Waals surface area contributed by atoms with Gasteiger partial charge in [0.05, 0.1) is 53.8 Å². The summed E-state index contributed by atoms with van der Waals surface area (Å²) in [5, 5.41) is 1.07. The van der Waals surface area contributed by atoms with Crippen LogP contribution in [0.5, 0.6) is 34.5 Å². The second kappa shape index (κ2) is 15.0. The molecule has 1 aliphatic heterocycles. The SMILES string of the molecule is COc1ccccc1C1CC(=O)CC(c2ccccc2OC)P1c1c(-c2c(OC)cccc2OC)cccc1-c1c(OC)cccc1OC. The van der Waals surface area contributed by atoms with Crippen LogP contribution in [0.15, 0.2) is 103 Å². The summed E-state index contributed by atoms with van der Waals surface area (Å²) < 4.78 is 36.0. The number of hydrogen-bond donors (Lipinski definition) is 0. The smallest absolute Gasteiger partial charge is 0.134 e. The number of methoxy groups -OCH3 is 6. The molecule has 0 radical (unpaired) electrons. The lowest BCUT2D eigenvalue weighted by Crippen LogP contribution is -2.26. The summed E-state index contributed by atoms with van der Waals surface area (Å²) in [5.41, 5.74) is 5.12. The first kappa shape index (κ1) is 33.9. The molecule has 0 aromatic heterocycles. The van der Waals surface area contributed by atoms with Crippen molar-refractivity contribution in [3.05, 3.63) is 114 Å². The zero-order valence-corrected chi connectivity index (χ0v) is 29.6. The van der Waals surface area contributed by atoms with E-state index in [2.05, 4.69) is 24.3 Å². The number of Topliss-reactive ketones (excluding diaryl/α,β-unsaturated/α-hetero) is 1. The highest BCUT2D eigenvalue weighted by molar-refractivity contribution is 7.67. The van der Waals surface area contributed by atoms with Crippen LogP contribution >= 0.6 is 7.92 Å². The number of para-hydroxylation sites is 2. The molecule has 2 atom stereocenters. The highest BCUT2D eigenvalue weighted by atomic mass is 31.1. The van der Waals surface area contributed by atoms with Gasteiger partial charge in [0.25, 0.3) is 0 Å².